The number of carbonyl (C=O) groups is 1. The molecule has 0 saturated carbocycles. The number of carbonyl (C=O) groups excluding carboxylic acids is 1. The Hall–Kier alpha value is -2.80. The van der Waals surface area contributed by atoms with Crippen molar-refractivity contribution in [1.29, 1.82) is 0 Å². The number of hydrogen-bond acceptors (Lipinski definition) is 5. The van der Waals surface area contributed by atoms with Crippen molar-refractivity contribution in [3.8, 4) is 11.3 Å². The van der Waals surface area contributed by atoms with Crippen LogP contribution >= 0.6 is 34.5 Å². The van der Waals surface area contributed by atoms with Gasteiger partial charge in [0.05, 0.1) is 29.6 Å². The van der Waals surface area contributed by atoms with Crippen molar-refractivity contribution in [2.75, 3.05) is 0 Å². The molecule has 1 amide bonds. The molecular weight excluding hydrogens is 527 g/mol. The number of nitrogens with zero attached hydrogens (tertiary/aromatic N) is 1. The minimum atomic E-state index is -0.136. The molecular formula is C29H28Cl2N2O3S. The summed E-state index contributed by atoms with van der Waals surface area (Å²) in [6.45, 7) is 7.18. The van der Waals surface area contributed by atoms with Crippen molar-refractivity contribution in [3.63, 3.8) is 0 Å². The lowest BCUT2D eigenvalue weighted by Crippen LogP contribution is -2.28. The minimum absolute atomic E-state index is 0.136. The van der Waals surface area contributed by atoms with E-state index in [2.05, 4.69) is 26.1 Å². The first-order chi connectivity index (χ1) is 17.7. The van der Waals surface area contributed by atoms with E-state index in [0.29, 0.717) is 50.4 Å². The molecule has 4 aromatic rings. The number of amides is 1. The van der Waals surface area contributed by atoms with Crippen molar-refractivity contribution in [2.45, 2.75) is 46.6 Å². The lowest BCUT2D eigenvalue weighted by atomic mass is 9.72. The Morgan fingerprint density at radius 1 is 1.22 bits per heavy atom. The second kappa shape index (κ2) is 10.5. The fourth-order valence-electron chi connectivity index (χ4n) is 4.68. The normalized spacial score (nSPS) is 15.8. The number of halogens is 2. The Morgan fingerprint density at radius 3 is 2.78 bits per heavy atom. The van der Waals surface area contributed by atoms with Crippen LogP contribution in [0.2, 0.25) is 10.0 Å². The highest BCUT2D eigenvalue weighted by Crippen LogP contribution is 2.45. The molecule has 1 N–H and O–H groups in total. The summed E-state index contributed by atoms with van der Waals surface area (Å²) in [5.74, 6) is 2.33. The molecule has 1 aliphatic carbocycles. The summed E-state index contributed by atoms with van der Waals surface area (Å²) >= 11 is 14.0. The topological polar surface area (TPSA) is 67.7 Å². The maximum absolute atomic E-state index is 13.4. The molecule has 0 spiro atoms. The van der Waals surface area contributed by atoms with Crippen LogP contribution in [0.4, 0.5) is 5.00 Å². The standard InChI is InChI=1S/C29H28Cl2N2O3S/c1-29(2,3)17-6-9-22-25(13-17)37-28(26(22)27(34)32-15-19-5-4-12-35-19)33-16-20-8-11-24(36-20)21-10-7-18(30)14-23(21)31/h4-5,7-8,10-12,14,16-17H,6,9,13,15H2,1-3H3,(H,32,34)/t17-/m0/s1. The number of nitrogens with one attached hydrogen (secondary N) is 1. The zero-order valence-corrected chi connectivity index (χ0v) is 23.3. The summed E-state index contributed by atoms with van der Waals surface area (Å²) in [4.78, 5) is 19.4. The van der Waals surface area contributed by atoms with Gasteiger partial charge in [-0.2, -0.15) is 0 Å². The fraction of sp³-hybridized carbons (Fsp3) is 0.310. The number of thiophene rings is 1. The highest BCUT2D eigenvalue weighted by Gasteiger charge is 2.33. The number of aliphatic imine (C=N–C) groups is 1. The maximum Gasteiger partial charge on any atom is 0.255 e. The summed E-state index contributed by atoms with van der Waals surface area (Å²) in [7, 11) is 0. The Labute approximate surface area is 230 Å². The van der Waals surface area contributed by atoms with E-state index in [9.17, 15) is 4.79 Å². The Bertz CT molecular complexity index is 1440. The van der Waals surface area contributed by atoms with Gasteiger partial charge in [-0.05, 0) is 78.6 Å². The second-order valence-corrected chi connectivity index (χ2v) is 12.3. The van der Waals surface area contributed by atoms with Gasteiger partial charge in [0.1, 0.15) is 22.3 Å². The molecule has 5 rings (SSSR count). The van der Waals surface area contributed by atoms with E-state index in [0.717, 1.165) is 30.4 Å². The van der Waals surface area contributed by atoms with E-state index in [1.165, 1.54) is 4.88 Å². The highest BCUT2D eigenvalue weighted by molar-refractivity contribution is 7.16. The van der Waals surface area contributed by atoms with E-state index in [1.807, 2.05) is 30.3 Å². The molecule has 0 saturated heterocycles. The molecule has 1 aliphatic rings. The Kier molecular flexibility index (Phi) is 7.35. The van der Waals surface area contributed by atoms with Gasteiger partial charge in [-0.25, -0.2) is 4.99 Å². The van der Waals surface area contributed by atoms with E-state index < -0.39 is 0 Å². The van der Waals surface area contributed by atoms with E-state index >= 15 is 0 Å². The second-order valence-electron chi connectivity index (χ2n) is 10.3. The third-order valence-corrected chi connectivity index (χ3v) is 8.54. The molecule has 192 valence electrons. The summed E-state index contributed by atoms with van der Waals surface area (Å²) in [5.41, 5.74) is 2.73. The van der Waals surface area contributed by atoms with Crippen LogP contribution in [-0.2, 0) is 19.4 Å². The van der Waals surface area contributed by atoms with Crippen molar-refractivity contribution in [1.82, 2.24) is 5.32 Å². The first-order valence-electron chi connectivity index (χ1n) is 12.2. The third-order valence-electron chi connectivity index (χ3n) is 6.83. The molecule has 0 bridgehead atoms. The SMILES string of the molecule is CC(C)(C)[C@H]1CCc2c(sc(N=Cc3ccc(-c4ccc(Cl)cc4Cl)o3)c2C(=O)NCc2ccco2)C1. The van der Waals surface area contributed by atoms with Crippen LogP contribution in [0.5, 0.6) is 0 Å². The molecule has 0 radical (unpaired) electrons. The lowest BCUT2D eigenvalue weighted by molar-refractivity contribution is 0.0947. The van der Waals surface area contributed by atoms with E-state index in [1.54, 1.807) is 35.9 Å². The minimum Gasteiger partial charge on any atom is -0.467 e. The predicted octanol–water partition coefficient (Wildman–Crippen LogP) is 8.74. The largest absolute Gasteiger partial charge is 0.467 e. The number of furan rings is 2. The van der Waals surface area contributed by atoms with Gasteiger partial charge in [0.2, 0.25) is 0 Å². The Morgan fingerprint density at radius 2 is 2.05 bits per heavy atom. The quantitative estimate of drug-likeness (QED) is 0.242. The van der Waals surface area contributed by atoms with Crippen LogP contribution in [0.3, 0.4) is 0 Å². The van der Waals surface area contributed by atoms with Crippen LogP contribution in [0.25, 0.3) is 11.3 Å². The van der Waals surface area contributed by atoms with Gasteiger partial charge in [-0.15, -0.1) is 11.3 Å². The monoisotopic (exact) mass is 554 g/mol. The summed E-state index contributed by atoms with van der Waals surface area (Å²) in [6.07, 6.45) is 6.14. The molecule has 5 nitrogen and oxygen atoms in total. The summed E-state index contributed by atoms with van der Waals surface area (Å²) in [5, 5.41) is 4.78. The van der Waals surface area contributed by atoms with Gasteiger partial charge in [-0.1, -0.05) is 44.0 Å². The summed E-state index contributed by atoms with van der Waals surface area (Å²) < 4.78 is 11.4. The third kappa shape index (κ3) is 5.71. The Balaban J connectivity index is 1.44. The molecule has 0 aliphatic heterocycles. The van der Waals surface area contributed by atoms with Crippen LogP contribution in [-0.4, -0.2) is 12.1 Å². The average molecular weight is 556 g/mol. The molecule has 1 aromatic carbocycles. The van der Waals surface area contributed by atoms with Gasteiger partial charge in [0, 0.05) is 15.5 Å². The van der Waals surface area contributed by atoms with E-state index in [4.69, 9.17) is 37.0 Å². The first kappa shape index (κ1) is 25.8. The van der Waals surface area contributed by atoms with E-state index in [-0.39, 0.29) is 11.3 Å². The average Bonchev–Trinajstić information content (AvgIpc) is 3.60. The summed E-state index contributed by atoms with van der Waals surface area (Å²) in [6, 6.07) is 12.6. The number of fused-ring (bicyclic) bond motifs is 1. The fourth-order valence-corrected chi connectivity index (χ4v) is 6.45. The zero-order valence-electron chi connectivity index (χ0n) is 20.9. The maximum atomic E-state index is 13.4. The lowest BCUT2D eigenvalue weighted by Gasteiger charge is -2.33. The highest BCUT2D eigenvalue weighted by atomic mass is 35.5. The van der Waals surface area contributed by atoms with Gasteiger partial charge >= 0.3 is 0 Å². The molecule has 0 fully saturated rings. The molecule has 3 aromatic heterocycles. The predicted molar refractivity (Wildman–Crippen MR) is 151 cm³/mol. The van der Waals surface area contributed by atoms with Crippen molar-refractivity contribution in [3.05, 3.63) is 86.3 Å². The first-order valence-corrected chi connectivity index (χ1v) is 13.8. The van der Waals surface area contributed by atoms with Gasteiger partial charge in [0.25, 0.3) is 5.91 Å². The molecule has 0 unspecified atom stereocenters. The van der Waals surface area contributed by atoms with Crippen molar-refractivity contribution < 1.29 is 13.6 Å². The van der Waals surface area contributed by atoms with Crippen molar-refractivity contribution in [2.24, 2.45) is 16.3 Å². The number of rotatable bonds is 6. The van der Waals surface area contributed by atoms with Crippen LogP contribution in [0.15, 0.2) is 62.6 Å². The smallest absolute Gasteiger partial charge is 0.255 e. The number of benzene rings is 1. The van der Waals surface area contributed by atoms with Gasteiger partial charge in [0.15, 0.2) is 0 Å². The molecule has 3 heterocycles. The van der Waals surface area contributed by atoms with Crippen LogP contribution in [0.1, 0.15) is 59.5 Å². The molecule has 8 heteroatoms. The van der Waals surface area contributed by atoms with Gasteiger partial charge in [-0.3, -0.25) is 4.79 Å². The molecule has 37 heavy (non-hydrogen) atoms. The zero-order chi connectivity index (χ0) is 26.2. The van der Waals surface area contributed by atoms with Crippen LogP contribution in [0, 0.1) is 11.3 Å². The number of hydrogen-bond donors (Lipinski definition) is 1. The van der Waals surface area contributed by atoms with Crippen molar-refractivity contribution >= 4 is 51.7 Å². The molecule has 1 atom stereocenters. The van der Waals surface area contributed by atoms with Gasteiger partial charge < -0.3 is 14.2 Å². The van der Waals surface area contributed by atoms with Crippen LogP contribution < -0.4 is 5.32 Å².